The number of amides is 2. The third-order valence-corrected chi connectivity index (χ3v) is 6.29. The fraction of sp³-hybridized carbons (Fsp3) is 0.318. The maximum absolute atomic E-state index is 12.6. The monoisotopic (exact) mass is 488 g/mol. The van der Waals surface area contributed by atoms with Gasteiger partial charge in [-0.3, -0.25) is 9.59 Å². The first kappa shape index (κ1) is 22.4. The van der Waals surface area contributed by atoms with Crippen molar-refractivity contribution < 1.29 is 9.59 Å². The average Bonchev–Trinajstić information content (AvgIpc) is 3.09. The molecule has 30 heavy (non-hydrogen) atoms. The molecule has 8 heteroatoms. The Bertz CT molecular complexity index is 1040. The number of thioether (sulfide) groups is 1. The highest BCUT2D eigenvalue weighted by atomic mass is 79.9. The van der Waals surface area contributed by atoms with Crippen molar-refractivity contribution in [2.75, 3.05) is 24.7 Å². The Kier molecular flexibility index (Phi) is 7.93. The van der Waals surface area contributed by atoms with Gasteiger partial charge in [-0.2, -0.15) is 0 Å². The van der Waals surface area contributed by atoms with Crippen LogP contribution in [0.2, 0.25) is 0 Å². The normalized spacial score (nSPS) is 10.9. The lowest BCUT2D eigenvalue weighted by molar-refractivity contribution is -0.131. The summed E-state index contributed by atoms with van der Waals surface area (Å²) in [6, 6.07) is 15.4. The molecule has 2 amide bonds. The van der Waals surface area contributed by atoms with E-state index in [1.165, 1.54) is 16.7 Å². The summed E-state index contributed by atoms with van der Waals surface area (Å²) in [7, 11) is 1.64. The molecule has 158 valence electrons. The van der Waals surface area contributed by atoms with Crippen LogP contribution in [0.15, 0.2) is 58.2 Å². The van der Waals surface area contributed by atoms with Crippen LogP contribution in [-0.2, 0) is 16.1 Å². The molecule has 0 aliphatic heterocycles. The van der Waals surface area contributed by atoms with Crippen molar-refractivity contribution in [3.05, 3.63) is 53.0 Å². The van der Waals surface area contributed by atoms with E-state index in [1.54, 1.807) is 13.1 Å². The molecule has 3 aromatic rings. The number of benzene rings is 2. The van der Waals surface area contributed by atoms with E-state index in [9.17, 15) is 9.59 Å². The highest BCUT2D eigenvalue weighted by Gasteiger charge is 2.17. The van der Waals surface area contributed by atoms with Crippen molar-refractivity contribution in [2.24, 2.45) is 0 Å². The number of nitrogens with zero attached hydrogens (tertiary/aromatic N) is 3. The molecule has 0 saturated carbocycles. The molecule has 3 rings (SSSR count). The zero-order valence-electron chi connectivity index (χ0n) is 17.1. The highest BCUT2D eigenvalue weighted by Crippen LogP contribution is 2.25. The molecule has 0 radical (unpaired) electrons. The summed E-state index contributed by atoms with van der Waals surface area (Å²) in [5, 5.41) is 3.65. The number of aromatic nitrogens is 2. The SMILES string of the molecule is CCCCn1c(SCC(=O)N(C)CC(=O)Nc2ccccc2Br)nc2ccccc21. The third-order valence-electron chi connectivity index (χ3n) is 4.63. The number of likely N-dealkylation sites (N-methyl/N-ethyl adjacent to an activating group) is 1. The van der Waals surface area contributed by atoms with Crippen molar-refractivity contribution in [1.29, 1.82) is 0 Å². The van der Waals surface area contributed by atoms with Crippen LogP contribution in [0.3, 0.4) is 0 Å². The fourth-order valence-corrected chi connectivity index (χ4v) is 4.35. The third kappa shape index (κ3) is 5.64. The molecular weight excluding hydrogens is 464 g/mol. The zero-order valence-corrected chi connectivity index (χ0v) is 19.5. The van der Waals surface area contributed by atoms with E-state index >= 15 is 0 Å². The quantitative estimate of drug-likeness (QED) is 0.439. The molecule has 0 unspecified atom stereocenters. The Morgan fingerprint density at radius 2 is 1.90 bits per heavy atom. The number of carbonyl (C=O) groups excluding carboxylic acids is 2. The van der Waals surface area contributed by atoms with Gasteiger partial charge in [0.15, 0.2) is 5.16 Å². The number of fused-ring (bicyclic) bond motifs is 1. The second-order valence-electron chi connectivity index (χ2n) is 6.95. The first-order chi connectivity index (χ1) is 14.5. The van der Waals surface area contributed by atoms with Crippen molar-refractivity contribution in [3.63, 3.8) is 0 Å². The van der Waals surface area contributed by atoms with Gasteiger partial charge in [0, 0.05) is 18.1 Å². The molecule has 0 saturated heterocycles. The van der Waals surface area contributed by atoms with Crippen molar-refractivity contribution in [2.45, 2.75) is 31.5 Å². The molecule has 0 aliphatic carbocycles. The molecule has 2 aromatic carbocycles. The Hall–Kier alpha value is -2.32. The highest BCUT2D eigenvalue weighted by molar-refractivity contribution is 9.10. The lowest BCUT2D eigenvalue weighted by atomic mass is 10.3. The average molecular weight is 489 g/mol. The Balaban J connectivity index is 1.59. The number of halogens is 1. The van der Waals surface area contributed by atoms with Crippen LogP contribution < -0.4 is 5.32 Å². The van der Waals surface area contributed by atoms with E-state index in [-0.39, 0.29) is 24.1 Å². The summed E-state index contributed by atoms with van der Waals surface area (Å²) in [4.78, 5) is 31.0. The minimum atomic E-state index is -0.238. The predicted molar refractivity (Wildman–Crippen MR) is 126 cm³/mol. The smallest absolute Gasteiger partial charge is 0.244 e. The van der Waals surface area contributed by atoms with Gasteiger partial charge in [-0.25, -0.2) is 4.98 Å². The van der Waals surface area contributed by atoms with Gasteiger partial charge < -0.3 is 14.8 Å². The van der Waals surface area contributed by atoms with Crippen LogP contribution in [-0.4, -0.2) is 45.6 Å². The summed E-state index contributed by atoms with van der Waals surface area (Å²) in [6.07, 6.45) is 2.14. The Labute approximate surface area is 189 Å². The lowest BCUT2D eigenvalue weighted by Crippen LogP contribution is -2.36. The maximum Gasteiger partial charge on any atom is 0.244 e. The van der Waals surface area contributed by atoms with Crippen LogP contribution in [0.1, 0.15) is 19.8 Å². The number of hydrogen-bond acceptors (Lipinski definition) is 4. The van der Waals surface area contributed by atoms with Crippen LogP contribution in [0.25, 0.3) is 11.0 Å². The van der Waals surface area contributed by atoms with Gasteiger partial charge in [-0.1, -0.05) is 49.4 Å². The second kappa shape index (κ2) is 10.6. The lowest BCUT2D eigenvalue weighted by Gasteiger charge is -2.17. The molecular formula is C22H25BrN4O2S. The van der Waals surface area contributed by atoms with E-state index in [4.69, 9.17) is 4.98 Å². The van der Waals surface area contributed by atoms with Gasteiger partial charge in [0.1, 0.15) is 0 Å². The number of anilines is 1. The topological polar surface area (TPSA) is 67.2 Å². The number of unbranched alkanes of at least 4 members (excludes halogenated alkanes) is 1. The molecule has 0 atom stereocenters. The largest absolute Gasteiger partial charge is 0.336 e. The number of para-hydroxylation sites is 3. The number of carbonyl (C=O) groups is 2. The maximum atomic E-state index is 12.6. The number of aryl methyl sites for hydroxylation is 1. The molecule has 0 spiro atoms. The number of nitrogens with one attached hydrogen (secondary N) is 1. The van der Waals surface area contributed by atoms with Crippen LogP contribution in [0, 0.1) is 0 Å². The molecule has 0 bridgehead atoms. The summed E-state index contributed by atoms with van der Waals surface area (Å²) in [5.74, 6) is -0.122. The minimum Gasteiger partial charge on any atom is -0.336 e. The molecule has 0 fully saturated rings. The van der Waals surface area contributed by atoms with Gasteiger partial charge in [0.25, 0.3) is 0 Å². The van der Waals surface area contributed by atoms with E-state index in [0.717, 1.165) is 40.0 Å². The second-order valence-corrected chi connectivity index (χ2v) is 8.75. The summed E-state index contributed by atoms with van der Waals surface area (Å²) >= 11 is 4.82. The standard InChI is InChI=1S/C22H25BrN4O2S/c1-3-4-13-27-19-12-8-7-11-18(19)25-22(27)30-15-21(29)26(2)14-20(28)24-17-10-6-5-9-16(17)23/h5-12H,3-4,13-15H2,1-2H3,(H,24,28). The van der Waals surface area contributed by atoms with Gasteiger partial charge in [-0.05, 0) is 46.6 Å². The Morgan fingerprint density at radius 1 is 1.17 bits per heavy atom. The van der Waals surface area contributed by atoms with Crippen LogP contribution >= 0.6 is 27.7 Å². The van der Waals surface area contributed by atoms with E-state index < -0.39 is 0 Å². The number of rotatable bonds is 9. The molecule has 1 heterocycles. The van der Waals surface area contributed by atoms with E-state index in [1.807, 2.05) is 36.4 Å². The van der Waals surface area contributed by atoms with E-state index in [0.29, 0.717) is 5.69 Å². The number of imidazole rings is 1. The summed E-state index contributed by atoms with van der Waals surface area (Å²) in [5.41, 5.74) is 2.70. The first-order valence-corrected chi connectivity index (χ1v) is 11.6. The minimum absolute atomic E-state index is 0.00697. The summed E-state index contributed by atoms with van der Waals surface area (Å²) in [6.45, 7) is 3.02. The fourth-order valence-electron chi connectivity index (χ4n) is 2.99. The molecule has 0 aliphatic rings. The van der Waals surface area contributed by atoms with Crippen molar-refractivity contribution in [1.82, 2.24) is 14.5 Å². The predicted octanol–water partition coefficient (Wildman–Crippen LogP) is 4.79. The van der Waals surface area contributed by atoms with Gasteiger partial charge in [0.2, 0.25) is 11.8 Å². The van der Waals surface area contributed by atoms with Gasteiger partial charge in [-0.15, -0.1) is 0 Å². The molecule has 1 aromatic heterocycles. The first-order valence-electron chi connectivity index (χ1n) is 9.86. The van der Waals surface area contributed by atoms with E-state index in [2.05, 4.69) is 38.8 Å². The van der Waals surface area contributed by atoms with Gasteiger partial charge in [0.05, 0.1) is 29.0 Å². The van der Waals surface area contributed by atoms with Gasteiger partial charge >= 0.3 is 0 Å². The van der Waals surface area contributed by atoms with Crippen LogP contribution in [0.4, 0.5) is 5.69 Å². The van der Waals surface area contributed by atoms with Crippen LogP contribution in [0.5, 0.6) is 0 Å². The summed E-state index contributed by atoms with van der Waals surface area (Å²) < 4.78 is 2.98. The molecule has 1 N–H and O–H groups in total. The Morgan fingerprint density at radius 3 is 2.67 bits per heavy atom. The zero-order chi connectivity index (χ0) is 21.5. The van der Waals surface area contributed by atoms with Crippen molar-refractivity contribution in [3.8, 4) is 0 Å². The number of hydrogen-bond donors (Lipinski definition) is 1. The van der Waals surface area contributed by atoms with Crippen molar-refractivity contribution >= 4 is 56.2 Å². The molecule has 6 nitrogen and oxygen atoms in total.